The molecule has 2 aromatic rings. The van der Waals surface area contributed by atoms with Crippen LogP contribution < -0.4 is 0 Å². The van der Waals surface area contributed by atoms with E-state index in [4.69, 9.17) is 0 Å². The van der Waals surface area contributed by atoms with E-state index in [0.29, 0.717) is 0 Å². The molecule has 0 spiro atoms. The van der Waals surface area contributed by atoms with Crippen molar-refractivity contribution in [1.82, 2.24) is 9.97 Å². The standard InChI is InChI=1S/C14H18N2O/c1-3-11(9-17)14-15-8-13(16-14)12-7-5-4-6-10(12)2/h4-8,11,17H,3,9H2,1-2H3,(H,15,16). The van der Waals surface area contributed by atoms with Crippen LogP contribution in [0, 0.1) is 6.92 Å². The summed E-state index contributed by atoms with van der Waals surface area (Å²) in [5.74, 6) is 0.973. The van der Waals surface area contributed by atoms with Gasteiger partial charge < -0.3 is 10.1 Å². The molecule has 0 saturated carbocycles. The molecule has 0 radical (unpaired) electrons. The van der Waals surface area contributed by atoms with Gasteiger partial charge in [0.05, 0.1) is 18.5 Å². The van der Waals surface area contributed by atoms with Crippen molar-refractivity contribution in [2.24, 2.45) is 0 Å². The lowest BCUT2D eigenvalue weighted by Gasteiger charge is -2.07. The third kappa shape index (κ3) is 2.39. The highest BCUT2D eigenvalue weighted by Gasteiger charge is 2.13. The van der Waals surface area contributed by atoms with Crippen LogP contribution >= 0.6 is 0 Å². The summed E-state index contributed by atoms with van der Waals surface area (Å²) in [7, 11) is 0. The van der Waals surface area contributed by atoms with Gasteiger partial charge in [-0.05, 0) is 18.9 Å². The number of rotatable bonds is 4. The Kier molecular flexibility index (Phi) is 3.59. The molecule has 2 rings (SSSR count). The maximum atomic E-state index is 9.25. The normalized spacial score (nSPS) is 12.6. The van der Waals surface area contributed by atoms with Gasteiger partial charge in [0.2, 0.25) is 0 Å². The average Bonchev–Trinajstić information content (AvgIpc) is 2.81. The molecule has 1 heterocycles. The first-order valence-electron chi connectivity index (χ1n) is 5.98. The number of benzene rings is 1. The number of aryl methyl sites for hydroxylation is 1. The van der Waals surface area contributed by atoms with Crippen molar-refractivity contribution in [3.05, 3.63) is 41.9 Å². The van der Waals surface area contributed by atoms with E-state index >= 15 is 0 Å². The number of H-pyrrole nitrogens is 1. The van der Waals surface area contributed by atoms with Crippen LogP contribution in [-0.4, -0.2) is 21.7 Å². The molecule has 1 aromatic carbocycles. The van der Waals surface area contributed by atoms with Crippen molar-refractivity contribution in [2.75, 3.05) is 6.61 Å². The van der Waals surface area contributed by atoms with E-state index < -0.39 is 0 Å². The monoisotopic (exact) mass is 230 g/mol. The molecule has 3 heteroatoms. The molecule has 1 unspecified atom stereocenters. The number of nitrogens with zero attached hydrogens (tertiary/aromatic N) is 1. The number of aliphatic hydroxyl groups is 1. The summed E-state index contributed by atoms with van der Waals surface area (Å²) in [5, 5.41) is 9.25. The fraction of sp³-hybridized carbons (Fsp3) is 0.357. The molecule has 1 aromatic heterocycles. The number of aromatic amines is 1. The van der Waals surface area contributed by atoms with E-state index in [-0.39, 0.29) is 12.5 Å². The van der Waals surface area contributed by atoms with Crippen molar-refractivity contribution in [3.8, 4) is 11.3 Å². The van der Waals surface area contributed by atoms with Crippen molar-refractivity contribution >= 4 is 0 Å². The zero-order valence-electron chi connectivity index (χ0n) is 10.3. The Morgan fingerprint density at radius 3 is 2.76 bits per heavy atom. The lowest BCUT2D eigenvalue weighted by molar-refractivity contribution is 0.258. The molecule has 0 bridgehead atoms. The fourth-order valence-corrected chi connectivity index (χ4v) is 1.96. The molecule has 90 valence electrons. The Hall–Kier alpha value is -1.61. The largest absolute Gasteiger partial charge is 0.396 e. The van der Waals surface area contributed by atoms with Crippen LogP contribution in [-0.2, 0) is 0 Å². The number of hydrogen-bond donors (Lipinski definition) is 2. The molecule has 0 saturated heterocycles. The first-order valence-corrected chi connectivity index (χ1v) is 5.98. The number of aliphatic hydroxyl groups excluding tert-OH is 1. The zero-order valence-corrected chi connectivity index (χ0v) is 10.3. The minimum Gasteiger partial charge on any atom is -0.396 e. The molecule has 2 N–H and O–H groups in total. The predicted molar refractivity (Wildman–Crippen MR) is 68.9 cm³/mol. The Bertz CT molecular complexity index is 486. The first-order chi connectivity index (χ1) is 8.26. The number of aromatic nitrogens is 2. The summed E-state index contributed by atoms with van der Waals surface area (Å²) in [6.07, 6.45) is 2.73. The lowest BCUT2D eigenvalue weighted by atomic mass is 10.1. The van der Waals surface area contributed by atoms with Crippen LogP contribution in [0.4, 0.5) is 0 Å². The maximum absolute atomic E-state index is 9.25. The highest BCUT2D eigenvalue weighted by Crippen LogP contribution is 2.24. The van der Waals surface area contributed by atoms with Gasteiger partial charge in [0.25, 0.3) is 0 Å². The maximum Gasteiger partial charge on any atom is 0.111 e. The van der Waals surface area contributed by atoms with Gasteiger partial charge in [0.1, 0.15) is 5.82 Å². The molecule has 3 nitrogen and oxygen atoms in total. The third-order valence-corrected chi connectivity index (χ3v) is 3.13. The third-order valence-electron chi connectivity index (χ3n) is 3.13. The molecular formula is C14H18N2O. The molecule has 0 aliphatic carbocycles. The smallest absolute Gasteiger partial charge is 0.111 e. The quantitative estimate of drug-likeness (QED) is 0.848. The molecule has 0 fully saturated rings. The van der Waals surface area contributed by atoms with E-state index in [1.807, 2.05) is 18.3 Å². The highest BCUT2D eigenvalue weighted by atomic mass is 16.3. The van der Waals surface area contributed by atoms with Crippen molar-refractivity contribution in [1.29, 1.82) is 0 Å². The highest BCUT2D eigenvalue weighted by molar-refractivity contribution is 5.62. The Labute approximate surface area is 102 Å². The lowest BCUT2D eigenvalue weighted by Crippen LogP contribution is -2.04. The van der Waals surface area contributed by atoms with Gasteiger partial charge in [-0.1, -0.05) is 31.2 Å². The zero-order chi connectivity index (χ0) is 12.3. The fourth-order valence-electron chi connectivity index (χ4n) is 1.96. The topological polar surface area (TPSA) is 48.9 Å². The molecule has 0 amide bonds. The van der Waals surface area contributed by atoms with E-state index in [2.05, 4.69) is 35.9 Å². The molecular weight excluding hydrogens is 212 g/mol. The molecule has 0 aliphatic heterocycles. The summed E-state index contributed by atoms with van der Waals surface area (Å²) >= 11 is 0. The van der Waals surface area contributed by atoms with Crippen LogP contribution in [0.3, 0.4) is 0 Å². The van der Waals surface area contributed by atoms with Gasteiger partial charge in [-0.2, -0.15) is 0 Å². The van der Waals surface area contributed by atoms with Gasteiger partial charge in [0.15, 0.2) is 0 Å². The summed E-state index contributed by atoms with van der Waals surface area (Å²) in [6.45, 7) is 4.27. The van der Waals surface area contributed by atoms with E-state index in [1.165, 1.54) is 11.1 Å². The van der Waals surface area contributed by atoms with Gasteiger partial charge in [-0.3, -0.25) is 0 Å². The van der Waals surface area contributed by atoms with Gasteiger partial charge in [-0.15, -0.1) is 0 Å². The minimum absolute atomic E-state index is 0.104. The number of hydrogen-bond acceptors (Lipinski definition) is 2. The second-order valence-corrected chi connectivity index (χ2v) is 4.28. The van der Waals surface area contributed by atoms with E-state index in [1.54, 1.807) is 0 Å². The first kappa shape index (κ1) is 11.9. The Morgan fingerprint density at radius 1 is 1.35 bits per heavy atom. The predicted octanol–water partition coefficient (Wildman–Crippen LogP) is 2.87. The Balaban J connectivity index is 2.33. The van der Waals surface area contributed by atoms with Crippen LogP contribution in [0.2, 0.25) is 0 Å². The van der Waals surface area contributed by atoms with Gasteiger partial charge in [0, 0.05) is 11.5 Å². The molecule has 17 heavy (non-hydrogen) atoms. The van der Waals surface area contributed by atoms with Crippen molar-refractivity contribution < 1.29 is 5.11 Å². The van der Waals surface area contributed by atoms with Crippen molar-refractivity contribution in [3.63, 3.8) is 0 Å². The van der Waals surface area contributed by atoms with Gasteiger partial charge >= 0.3 is 0 Å². The average molecular weight is 230 g/mol. The summed E-state index contributed by atoms with van der Waals surface area (Å²) < 4.78 is 0. The minimum atomic E-state index is 0.104. The second-order valence-electron chi connectivity index (χ2n) is 4.28. The van der Waals surface area contributed by atoms with Crippen LogP contribution in [0.1, 0.15) is 30.7 Å². The summed E-state index contributed by atoms with van der Waals surface area (Å²) in [6, 6.07) is 8.20. The number of imidazole rings is 1. The number of nitrogens with one attached hydrogen (secondary N) is 1. The van der Waals surface area contributed by atoms with E-state index in [0.717, 1.165) is 17.9 Å². The van der Waals surface area contributed by atoms with Crippen LogP contribution in [0.25, 0.3) is 11.3 Å². The van der Waals surface area contributed by atoms with Crippen LogP contribution in [0.15, 0.2) is 30.5 Å². The van der Waals surface area contributed by atoms with Crippen molar-refractivity contribution in [2.45, 2.75) is 26.2 Å². The molecule has 0 aliphatic rings. The summed E-state index contributed by atoms with van der Waals surface area (Å²) in [4.78, 5) is 7.66. The van der Waals surface area contributed by atoms with E-state index in [9.17, 15) is 5.11 Å². The SMILES string of the molecule is CCC(CO)c1ncc(-c2ccccc2C)[nH]1. The Morgan fingerprint density at radius 2 is 2.12 bits per heavy atom. The van der Waals surface area contributed by atoms with Crippen LogP contribution in [0.5, 0.6) is 0 Å². The second kappa shape index (κ2) is 5.15. The van der Waals surface area contributed by atoms with Gasteiger partial charge in [-0.25, -0.2) is 4.98 Å². The molecule has 1 atom stereocenters. The summed E-state index contributed by atoms with van der Waals surface area (Å²) in [5.41, 5.74) is 3.41.